The number of aromatic hydroxyl groups is 1. The van der Waals surface area contributed by atoms with Crippen LogP contribution >= 0.6 is 0 Å². The van der Waals surface area contributed by atoms with Crippen LogP contribution in [-0.4, -0.2) is 41.7 Å². The van der Waals surface area contributed by atoms with E-state index < -0.39 is 0 Å². The molecule has 0 unspecified atom stereocenters. The molecule has 0 bridgehead atoms. The van der Waals surface area contributed by atoms with Crippen LogP contribution in [0.25, 0.3) is 0 Å². The second-order valence-electron chi connectivity index (χ2n) is 5.31. The normalized spacial score (nSPS) is 17.3. The van der Waals surface area contributed by atoms with Gasteiger partial charge in [-0.1, -0.05) is 0 Å². The number of nitrogens with zero attached hydrogens (tertiary/aromatic N) is 2. The number of piperidine rings is 1. The fourth-order valence-electron chi connectivity index (χ4n) is 2.54. The molecule has 100 valence electrons. The number of aryl methyl sites for hydroxylation is 1. The van der Waals surface area contributed by atoms with Gasteiger partial charge in [-0.15, -0.1) is 0 Å². The lowest BCUT2D eigenvalue weighted by Gasteiger charge is -2.27. The van der Waals surface area contributed by atoms with Crippen molar-refractivity contribution in [2.45, 2.75) is 26.3 Å². The molecule has 1 aromatic rings. The second-order valence-corrected chi connectivity index (χ2v) is 5.31. The number of rotatable bonds is 4. The first-order valence-corrected chi connectivity index (χ1v) is 6.70. The molecule has 0 saturated carbocycles. The van der Waals surface area contributed by atoms with E-state index in [2.05, 4.69) is 22.2 Å². The van der Waals surface area contributed by atoms with Crippen LogP contribution in [-0.2, 0) is 6.54 Å². The standard InChI is InChI=1S/C14H23N3O/c1-11-3-4-14(18)13(16-11)10-17(2)9-12-5-7-15-8-6-12/h3-4,12,15,18H,5-10H2,1-2H3. The average molecular weight is 249 g/mol. The van der Waals surface area contributed by atoms with E-state index in [0.29, 0.717) is 5.75 Å². The third kappa shape index (κ3) is 3.68. The molecular formula is C14H23N3O. The Balaban J connectivity index is 1.89. The number of nitrogens with one attached hydrogen (secondary N) is 1. The highest BCUT2D eigenvalue weighted by Crippen LogP contribution is 2.18. The molecule has 4 heteroatoms. The first kappa shape index (κ1) is 13.3. The molecule has 0 atom stereocenters. The smallest absolute Gasteiger partial charge is 0.138 e. The van der Waals surface area contributed by atoms with Gasteiger partial charge in [-0.3, -0.25) is 4.98 Å². The summed E-state index contributed by atoms with van der Waals surface area (Å²) >= 11 is 0. The second kappa shape index (κ2) is 6.16. The van der Waals surface area contributed by atoms with E-state index in [1.807, 2.05) is 13.0 Å². The summed E-state index contributed by atoms with van der Waals surface area (Å²) in [6, 6.07) is 3.57. The van der Waals surface area contributed by atoms with Gasteiger partial charge in [0.25, 0.3) is 0 Å². The molecule has 2 heterocycles. The first-order valence-electron chi connectivity index (χ1n) is 6.70. The fraction of sp³-hybridized carbons (Fsp3) is 0.643. The lowest BCUT2D eigenvalue weighted by Crippen LogP contribution is -2.34. The van der Waals surface area contributed by atoms with Gasteiger partial charge in [-0.25, -0.2) is 0 Å². The number of hydrogen-bond donors (Lipinski definition) is 2. The van der Waals surface area contributed by atoms with Crippen LogP contribution in [0.5, 0.6) is 5.75 Å². The van der Waals surface area contributed by atoms with Crippen molar-refractivity contribution in [3.05, 3.63) is 23.5 Å². The number of aromatic nitrogens is 1. The van der Waals surface area contributed by atoms with Crippen LogP contribution in [0.15, 0.2) is 12.1 Å². The Morgan fingerprint density at radius 1 is 1.39 bits per heavy atom. The van der Waals surface area contributed by atoms with Crippen molar-refractivity contribution in [2.75, 3.05) is 26.7 Å². The summed E-state index contributed by atoms with van der Waals surface area (Å²) in [7, 11) is 2.10. The molecule has 0 radical (unpaired) electrons. The Morgan fingerprint density at radius 2 is 2.11 bits per heavy atom. The summed E-state index contributed by atoms with van der Waals surface area (Å²) in [4.78, 5) is 6.66. The molecule has 1 fully saturated rings. The topological polar surface area (TPSA) is 48.4 Å². The van der Waals surface area contributed by atoms with E-state index in [0.717, 1.165) is 43.5 Å². The van der Waals surface area contributed by atoms with Gasteiger partial charge in [0.2, 0.25) is 0 Å². The van der Waals surface area contributed by atoms with Crippen LogP contribution in [0.2, 0.25) is 0 Å². The van der Waals surface area contributed by atoms with Crippen molar-refractivity contribution in [1.82, 2.24) is 15.2 Å². The largest absolute Gasteiger partial charge is 0.506 e. The maximum Gasteiger partial charge on any atom is 0.138 e. The summed E-state index contributed by atoms with van der Waals surface area (Å²) in [5, 5.41) is 13.2. The molecule has 2 rings (SSSR count). The quantitative estimate of drug-likeness (QED) is 0.849. The maximum atomic E-state index is 9.79. The van der Waals surface area contributed by atoms with Gasteiger partial charge >= 0.3 is 0 Å². The highest BCUT2D eigenvalue weighted by atomic mass is 16.3. The Labute approximate surface area is 109 Å². The zero-order valence-electron chi connectivity index (χ0n) is 11.3. The Morgan fingerprint density at radius 3 is 2.83 bits per heavy atom. The minimum absolute atomic E-state index is 0.303. The molecule has 1 saturated heterocycles. The molecule has 4 nitrogen and oxygen atoms in total. The summed E-state index contributed by atoms with van der Waals surface area (Å²) in [5.41, 5.74) is 1.74. The van der Waals surface area contributed by atoms with E-state index in [1.54, 1.807) is 6.07 Å². The SMILES string of the molecule is Cc1ccc(O)c(CN(C)CC2CCNCC2)n1. The Hall–Kier alpha value is -1.13. The summed E-state index contributed by atoms with van der Waals surface area (Å²) in [5.74, 6) is 1.07. The molecule has 0 amide bonds. The Bertz CT molecular complexity index is 389. The zero-order chi connectivity index (χ0) is 13.0. The molecular weight excluding hydrogens is 226 g/mol. The zero-order valence-corrected chi connectivity index (χ0v) is 11.3. The van der Waals surface area contributed by atoms with Gasteiger partial charge in [0.05, 0.1) is 5.69 Å². The molecule has 0 aliphatic carbocycles. The fourth-order valence-corrected chi connectivity index (χ4v) is 2.54. The van der Waals surface area contributed by atoms with Crippen LogP contribution in [0.3, 0.4) is 0 Å². The van der Waals surface area contributed by atoms with Gasteiger partial charge in [-0.2, -0.15) is 0 Å². The van der Waals surface area contributed by atoms with E-state index in [1.165, 1.54) is 12.8 Å². The van der Waals surface area contributed by atoms with Crippen molar-refractivity contribution in [3.8, 4) is 5.75 Å². The van der Waals surface area contributed by atoms with Gasteiger partial charge in [-0.05, 0) is 58.0 Å². The maximum absolute atomic E-state index is 9.79. The van der Waals surface area contributed by atoms with Crippen LogP contribution < -0.4 is 5.32 Å². The Kier molecular flexibility index (Phi) is 4.55. The summed E-state index contributed by atoms with van der Waals surface area (Å²) in [6.45, 7) is 6.02. The first-order chi connectivity index (χ1) is 8.65. The van der Waals surface area contributed by atoms with Crippen molar-refractivity contribution < 1.29 is 5.11 Å². The molecule has 0 spiro atoms. The van der Waals surface area contributed by atoms with Crippen LogP contribution in [0.4, 0.5) is 0 Å². The monoisotopic (exact) mass is 249 g/mol. The van der Waals surface area contributed by atoms with E-state index in [-0.39, 0.29) is 0 Å². The minimum Gasteiger partial charge on any atom is -0.506 e. The van der Waals surface area contributed by atoms with Crippen molar-refractivity contribution >= 4 is 0 Å². The predicted molar refractivity (Wildman–Crippen MR) is 72.6 cm³/mol. The number of pyridine rings is 1. The molecule has 2 N–H and O–H groups in total. The predicted octanol–water partition coefficient (Wildman–Crippen LogP) is 1.53. The van der Waals surface area contributed by atoms with Gasteiger partial charge in [0.15, 0.2) is 0 Å². The highest BCUT2D eigenvalue weighted by molar-refractivity contribution is 5.27. The lowest BCUT2D eigenvalue weighted by molar-refractivity contribution is 0.230. The van der Waals surface area contributed by atoms with Crippen LogP contribution in [0, 0.1) is 12.8 Å². The molecule has 1 aliphatic rings. The van der Waals surface area contributed by atoms with Crippen molar-refractivity contribution in [2.24, 2.45) is 5.92 Å². The molecule has 1 aliphatic heterocycles. The number of hydrogen-bond acceptors (Lipinski definition) is 4. The molecule has 1 aromatic heterocycles. The van der Waals surface area contributed by atoms with E-state index >= 15 is 0 Å². The highest BCUT2D eigenvalue weighted by Gasteiger charge is 2.16. The van der Waals surface area contributed by atoms with E-state index in [9.17, 15) is 5.11 Å². The lowest BCUT2D eigenvalue weighted by atomic mass is 9.98. The van der Waals surface area contributed by atoms with E-state index in [4.69, 9.17) is 0 Å². The van der Waals surface area contributed by atoms with Crippen molar-refractivity contribution in [1.29, 1.82) is 0 Å². The third-order valence-electron chi connectivity index (χ3n) is 3.54. The summed E-state index contributed by atoms with van der Waals surface area (Å²) < 4.78 is 0. The molecule has 0 aromatic carbocycles. The van der Waals surface area contributed by atoms with Gasteiger partial charge in [0.1, 0.15) is 5.75 Å². The average Bonchev–Trinajstić information content (AvgIpc) is 2.35. The summed E-state index contributed by atoms with van der Waals surface area (Å²) in [6.07, 6.45) is 2.50. The van der Waals surface area contributed by atoms with Gasteiger partial charge in [0, 0.05) is 18.8 Å². The van der Waals surface area contributed by atoms with Crippen molar-refractivity contribution in [3.63, 3.8) is 0 Å². The third-order valence-corrected chi connectivity index (χ3v) is 3.54. The minimum atomic E-state index is 0.303. The van der Waals surface area contributed by atoms with Crippen LogP contribution in [0.1, 0.15) is 24.2 Å². The molecule has 18 heavy (non-hydrogen) atoms. The van der Waals surface area contributed by atoms with Gasteiger partial charge < -0.3 is 15.3 Å².